The van der Waals surface area contributed by atoms with Gasteiger partial charge in [0, 0.05) is 0 Å². The Kier molecular flexibility index (Phi) is 1.60. The van der Waals surface area contributed by atoms with Gasteiger partial charge in [-0.25, -0.2) is 0 Å². The maximum atomic E-state index is 5.28. The molecule has 0 radical (unpaired) electrons. The van der Waals surface area contributed by atoms with Gasteiger partial charge in [-0.2, -0.15) is 0 Å². The van der Waals surface area contributed by atoms with Gasteiger partial charge < -0.3 is 9.47 Å². The molecule has 0 saturated carbocycles. The van der Waals surface area contributed by atoms with Gasteiger partial charge in [0.15, 0.2) is 5.79 Å². The molecule has 2 heteroatoms. The molecule has 9 heavy (non-hydrogen) atoms. The number of ether oxygens (including phenoxy) is 2. The van der Waals surface area contributed by atoms with E-state index in [4.69, 9.17) is 9.47 Å². The average Bonchev–Trinajstić information content (AvgIpc) is 2.16. The molecule has 1 rings (SSSR count). The van der Waals surface area contributed by atoms with Crippen LogP contribution in [0.4, 0.5) is 0 Å². The average molecular weight is 128 g/mol. The molecule has 0 aromatic heterocycles. The van der Waals surface area contributed by atoms with Gasteiger partial charge in [0.05, 0.1) is 13.2 Å². The molecule has 0 aliphatic carbocycles. The van der Waals surface area contributed by atoms with Crippen LogP contribution in [0.2, 0.25) is 0 Å². The topological polar surface area (TPSA) is 18.5 Å². The van der Waals surface area contributed by atoms with Crippen LogP contribution in [-0.2, 0) is 9.47 Å². The SMILES string of the molecule is C=C(C)C1(C)OCCO1. The van der Waals surface area contributed by atoms with Crippen LogP contribution in [0, 0.1) is 0 Å². The van der Waals surface area contributed by atoms with Gasteiger partial charge in [0.1, 0.15) is 0 Å². The summed E-state index contributed by atoms with van der Waals surface area (Å²) in [6.45, 7) is 8.93. The first-order chi connectivity index (χ1) is 4.15. The minimum Gasteiger partial charge on any atom is -0.344 e. The van der Waals surface area contributed by atoms with Crippen molar-refractivity contribution in [2.75, 3.05) is 13.2 Å². The fourth-order valence-corrected chi connectivity index (χ4v) is 0.761. The zero-order chi connectivity index (χ0) is 6.91. The largest absolute Gasteiger partial charge is 0.344 e. The molecule has 1 heterocycles. The summed E-state index contributed by atoms with van der Waals surface area (Å²) in [7, 11) is 0. The minimum atomic E-state index is -0.500. The van der Waals surface area contributed by atoms with Crippen molar-refractivity contribution in [3.8, 4) is 0 Å². The Morgan fingerprint density at radius 1 is 1.44 bits per heavy atom. The first kappa shape index (κ1) is 6.78. The van der Waals surface area contributed by atoms with Crippen molar-refractivity contribution in [3.05, 3.63) is 12.2 Å². The van der Waals surface area contributed by atoms with Crippen LogP contribution in [-0.4, -0.2) is 19.0 Å². The molecule has 0 spiro atoms. The van der Waals surface area contributed by atoms with Crippen molar-refractivity contribution in [1.29, 1.82) is 0 Å². The van der Waals surface area contributed by atoms with E-state index in [9.17, 15) is 0 Å². The number of hydrogen-bond donors (Lipinski definition) is 0. The summed E-state index contributed by atoms with van der Waals surface area (Å²) in [4.78, 5) is 0. The maximum absolute atomic E-state index is 5.28. The van der Waals surface area contributed by atoms with Crippen LogP contribution < -0.4 is 0 Å². The Bertz CT molecular complexity index is 123. The standard InChI is InChI=1S/C7H12O2/c1-6(2)7(3)8-4-5-9-7/h1,4-5H2,2-3H3. The molecule has 1 aliphatic rings. The van der Waals surface area contributed by atoms with Crippen LogP contribution in [0.1, 0.15) is 13.8 Å². The fourth-order valence-electron chi connectivity index (χ4n) is 0.761. The van der Waals surface area contributed by atoms with Gasteiger partial charge in [-0.15, -0.1) is 0 Å². The Hall–Kier alpha value is -0.340. The van der Waals surface area contributed by atoms with Gasteiger partial charge in [-0.1, -0.05) is 6.58 Å². The lowest BCUT2D eigenvalue weighted by Crippen LogP contribution is -2.26. The summed E-state index contributed by atoms with van der Waals surface area (Å²) in [6.07, 6.45) is 0. The lowest BCUT2D eigenvalue weighted by molar-refractivity contribution is -0.109. The molecule has 0 atom stereocenters. The second-order valence-corrected chi connectivity index (χ2v) is 2.42. The molecule has 0 unspecified atom stereocenters. The van der Waals surface area contributed by atoms with Crippen LogP contribution in [0.25, 0.3) is 0 Å². The van der Waals surface area contributed by atoms with E-state index < -0.39 is 5.79 Å². The predicted octanol–water partition coefficient (Wildman–Crippen LogP) is 1.33. The summed E-state index contributed by atoms with van der Waals surface area (Å²) in [5.41, 5.74) is 0.931. The van der Waals surface area contributed by atoms with E-state index >= 15 is 0 Å². The molecule has 0 N–H and O–H groups in total. The van der Waals surface area contributed by atoms with E-state index in [0.29, 0.717) is 13.2 Å². The monoisotopic (exact) mass is 128 g/mol. The first-order valence-electron chi connectivity index (χ1n) is 3.09. The molecule has 1 fully saturated rings. The summed E-state index contributed by atoms with van der Waals surface area (Å²) >= 11 is 0. The van der Waals surface area contributed by atoms with E-state index in [-0.39, 0.29) is 0 Å². The lowest BCUT2D eigenvalue weighted by Gasteiger charge is -2.21. The van der Waals surface area contributed by atoms with Crippen molar-refractivity contribution in [1.82, 2.24) is 0 Å². The number of rotatable bonds is 1. The van der Waals surface area contributed by atoms with E-state index in [1.807, 2.05) is 13.8 Å². The Morgan fingerprint density at radius 3 is 2.11 bits per heavy atom. The van der Waals surface area contributed by atoms with Crippen molar-refractivity contribution in [2.45, 2.75) is 19.6 Å². The maximum Gasteiger partial charge on any atom is 0.187 e. The quantitative estimate of drug-likeness (QED) is 0.496. The summed E-state index contributed by atoms with van der Waals surface area (Å²) in [6, 6.07) is 0. The third kappa shape index (κ3) is 1.14. The Morgan fingerprint density at radius 2 is 1.89 bits per heavy atom. The van der Waals surface area contributed by atoms with Gasteiger partial charge in [-0.05, 0) is 19.4 Å². The molecule has 0 amide bonds. The summed E-state index contributed by atoms with van der Waals surface area (Å²) in [5.74, 6) is -0.500. The van der Waals surface area contributed by atoms with Crippen LogP contribution in [0.5, 0.6) is 0 Å². The Labute approximate surface area is 55.5 Å². The normalized spacial score (nSPS) is 24.2. The zero-order valence-corrected chi connectivity index (χ0v) is 5.94. The van der Waals surface area contributed by atoms with Crippen LogP contribution in [0.3, 0.4) is 0 Å². The number of hydrogen-bond acceptors (Lipinski definition) is 2. The van der Waals surface area contributed by atoms with Gasteiger partial charge >= 0.3 is 0 Å². The van der Waals surface area contributed by atoms with Gasteiger partial charge in [0.25, 0.3) is 0 Å². The van der Waals surface area contributed by atoms with E-state index in [0.717, 1.165) is 5.57 Å². The minimum absolute atomic E-state index is 0.500. The van der Waals surface area contributed by atoms with Crippen molar-refractivity contribution in [2.24, 2.45) is 0 Å². The second kappa shape index (κ2) is 2.12. The third-order valence-corrected chi connectivity index (χ3v) is 1.61. The molecule has 1 saturated heterocycles. The van der Waals surface area contributed by atoms with E-state index in [2.05, 4.69) is 6.58 Å². The predicted molar refractivity (Wildman–Crippen MR) is 35.1 cm³/mol. The second-order valence-electron chi connectivity index (χ2n) is 2.42. The molecular weight excluding hydrogens is 116 g/mol. The summed E-state index contributed by atoms with van der Waals surface area (Å²) in [5, 5.41) is 0. The highest BCUT2D eigenvalue weighted by molar-refractivity contribution is 5.03. The van der Waals surface area contributed by atoms with Crippen LogP contribution >= 0.6 is 0 Å². The van der Waals surface area contributed by atoms with Gasteiger partial charge in [-0.3, -0.25) is 0 Å². The van der Waals surface area contributed by atoms with Crippen molar-refractivity contribution in [3.63, 3.8) is 0 Å². The molecule has 1 aliphatic heterocycles. The molecule has 2 nitrogen and oxygen atoms in total. The van der Waals surface area contributed by atoms with Crippen LogP contribution in [0.15, 0.2) is 12.2 Å². The molecule has 0 aromatic rings. The van der Waals surface area contributed by atoms with E-state index in [1.54, 1.807) is 0 Å². The molecule has 0 aromatic carbocycles. The van der Waals surface area contributed by atoms with Gasteiger partial charge in [0.2, 0.25) is 0 Å². The summed E-state index contributed by atoms with van der Waals surface area (Å²) < 4.78 is 10.6. The highest BCUT2D eigenvalue weighted by Crippen LogP contribution is 2.24. The molecule has 0 bridgehead atoms. The van der Waals surface area contributed by atoms with E-state index in [1.165, 1.54) is 0 Å². The first-order valence-corrected chi connectivity index (χ1v) is 3.09. The van der Waals surface area contributed by atoms with Crippen molar-refractivity contribution < 1.29 is 9.47 Å². The zero-order valence-electron chi connectivity index (χ0n) is 5.94. The Balaban J connectivity index is 2.61. The third-order valence-electron chi connectivity index (χ3n) is 1.61. The highest BCUT2D eigenvalue weighted by atomic mass is 16.7. The molecular formula is C7H12O2. The van der Waals surface area contributed by atoms with Crippen molar-refractivity contribution >= 4 is 0 Å². The lowest BCUT2D eigenvalue weighted by atomic mass is 10.2. The smallest absolute Gasteiger partial charge is 0.187 e. The highest BCUT2D eigenvalue weighted by Gasteiger charge is 2.31. The fraction of sp³-hybridized carbons (Fsp3) is 0.714. The molecule has 52 valence electrons.